The van der Waals surface area contributed by atoms with E-state index in [0.717, 1.165) is 57.4 Å². The number of nitrogens with zero attached hydrogens (tertiary/aromatic N) is 3. The number of carbonyl (C=O) groups is 1. The van der Waals surface area contributed by atoms with Crippen molar-refractivity contribution < 1.29 is 14.6 Å². The van der Waals surface area contributed by atoms with Crippen molar-refractivity contribution in [2.75, 3.05) is 20.2 Å². The summed E-state index contributed by atoms with van der Waals surface area (Å²) in [7, 11) is 1.39. The molecule has 3 N–H and O–H groups in total. The first kappa shape index (κ1) is 20.8. The van der Waals surface area contributed by atoms with Crippen LogP contribution in [0.3, 0.4) is 0 Å². The third kappa shape index (κ3) is 3.84. The molecule has 0 radical (unpaired) electrons. The number of ether oxygens (including phenoxy) is 1. The number of rotatable bonds is 4. The molecule has 0 aliphatic carbocycles. The molecule has 2 aromatic heterocycles. The Labute approximate surface area is 190 Å². The van der Waals surface area contributed by atoms with E-state index in [2.05, 4.69) is 40.3 Å². The fourth-order valence-electron chi connectivity index (χ4n) is 4.34. The van der Waals surface area contributed by atoms with Crippen LogP contribution in [0, 0.1) is 0 Å². The van der Waals surface area contributed by atoms with Crippen LogP contribution in [0.4, 0.5) is 4.79 Å². The number of amides is 1. The predicted octanol–water partition coefficient (Wildman–Crippen LogP) is 4.74. The van der Waals surface area contributed by atoms with Crippen LogP contribution >= 0.6 is 0 Å². The van der Waals surface area contributed by atoms with Crippen LogP contribution in [-0.4, -0.2) is 56.5 Å². The summed E-state index contributed by atoms with van der Waals surface area (Å²) in [5.41, 5.74) is 6.66. The summed E-state index contributed by atoms with van der Waals surface area (Å²) in [4.78, 5) is 21.5. The Morgan fingerprint density at radius 2 is 2.12 bits per heavy atom. The highest BCUT2D eigenvalue weighted by Crippen LogP contribution is 2.32. The number of aromatic hydroxyl groups is 1. The van der Waals surface area contributed by atoms with Gasteiger partial charge in [-0.1, -0.05) is 25.1 Å². The van der Waals surface area contributed by atoms with Gasteiger partial charge in [0.25, 0.3) is 0 Å². The lowest BCUT2D eigenvalue weighted by Crippen LogP contribution is -2.35. The van der Waals surface area contributed by atoms with Crippen molar-refractivity contribution in [1.82, 2.24) is 25.1 Å². The van der Waals surface area contributed by atoms with Gasteiger partial charge in [-0.25, -0.2) is 9.78 Å². The minimum absolute atomic E-state index is 0.275. The number of imidazole rings is 1. The van der Waals surface area contributed by atoms with Crippen LogP contribution < -0.4 is 0 Å². The molecule has 4 aromatic rings. The molecule has 5 rings (SSSR count). The zero-order chi connectivity index (χ0) is 22.9. The lowest BCUT2D eigenvalue weighted by molar-refractivity contribution is 0.128. The number of nitrogens with one attached hydrogen (secondary N) is 2. The van der Waals surface area contributed by atoms with Crippen molar-refractivity contribution in [2.24, 2.45) is 0 Å². The molecule has 2 aromatic carbocycles. The number of phenolic OH excluding ortho intramolecular Hbond substituents is 1. The zero-order valence-corrected chi connectivity index (χ0v) is 18.6. The largest absolute Gasteiger partial charge is 0.508 e. The van der Waals surface area contributed by atoms with Crippen molar-refractivity contribution in [1.29, 1.82) is 0 Å². The van der Waals surface area contributed by atoms with E-state index in [-0.39, 0.29) is 11.8 Å². The molecule has 0 saturated heterocycles. The molecule has 0 atom stereocenters. The Morgan fingerprint density at radius 1 is 1.24 bits per heavy atom. The van der Waals surface area contributed by atoms with E-state index in [1.165, 1.54) is 7.11 Å². The molecule has 8 nitrogen and oxygen atoms in total. The summed E-state index contributed by atoms with van der Waals surface area (Å²) in [5.74, 6) is 0.941. The molecule has 0 spiro atoms. The second-order valence-electron chi connectivity index (χ2n) is 8.07. The Bertz CT molecular complexity index is 1370. The van der Waals surface area contributed by atoms with Crippen molar-refractivity contribution >= 4 is 22.6 Å². The number of fused-ring (bicyclic) bond motifs is 1. The van der Waals surface area contributed by atoms with Crippen molar-refractivity contribution in [3.63, 3.8) is 0 Å². The van der Waals surface area contributed by atoms with Gasteiger partial charge in [0.05, 0.1) is 24.9 Å². The molecular weight excluding hydrogens is 418 g/mol. The summed E-state index contributed by atoms with van der Waals surface area (Å²) < 4.78 is 4.85. The summed E-state index contributed by atoms with van der Waals surface area (Å²) in [5, 5.41) is 18.4. The van der Waals surface area contributed by atoms with E-state index in [1.54, 1.807) is 11.0 Å². The normalized spacial score (nSPS) is 13.9. The highest BCUT2D eigenvalue weighted by atomic mass is 16.5. The second-order valence-corrected chi connectivity index (χ2v) is 8.07. The molecule has 0 bridgehead atoms. The van der Waals surface area contributed by atoms with Crippen LogP contribution in [0.1, 0.15) is 24.6 Å². The second kappa shape index (κ2) is 8.46. The molecule has 33 heavy (non-hydrogen) atoms. The number of carbonyl (C=O) groups excluding carboxylic acids is 1. The first-order chi connectivity index (χ1) is 16.1. The van der Waals surface area contributed by atoms with Crippen molar-refractivity contribution in [2.45, 2.75) is 19.8 Å². The van der Waals surface area contributed by atoms with Crippen LogP contribution in [0.25, 0.3) is 39.1 Å². The Balaban J connectivity index is 1.45. The van der Waals surface area contributed by atoms with E-state index in [4.69, 9.17) is 9.72 Å². The number of phenols is 1. The van der Waals surface area contributed by atoms with E-state index in [1.807, 2.05) is 24.4 Å². The summed E-state index contributed by atoms with van der Waals surface area (Å²) >= 11 is 0. The van der Waals surface area contributed by atoms with E-state index in [9.17, 15) is 9.90 Å². The van der Waals surface area contributed by atoms with Gasteiger partial charge in [-0.05, 0) is 59.4 Å². The fraction of sp³-hybridized carbons (Fsp3) is 0.240. The van der Waals surface area contributed by atoms with Gasteiger partial charge in [0, 0.05) is 18.1 Å². The van der Waals surface area contributed by atoms with Gasteiger partial charge in [0.2, 0.25) is 0 Å². The molecule has 0 fully saturated rings. The average Bonchev–Trinajstić information content (AvgIpc) is 3.50. The van der Waals surface area contributed by atoms with Crippen LogP contribution in [0.2, 0.25) is 0 Å². The van der Waals surface area contributed by atoms with Gasteiger partial charge in [-0.3, -0.25) is 5.10 Å². The van der Waals surface area contributed by atoms with Gasteiger partial charge < -0.3 is 19.7 Å². The molecule has 1 aliphatic heterocycles. The number of methoxy groups -OCH3 is 1. The molecule has 1 aliphatic rings. The Kier molecular flexibility index (Phi) is 5.34. The third-order valence-corrected chi connectivity index (χ3v) is 6.06. The van der Waals surface area contributed by atoms with Gasteiger partial charge >= 0.3 is 6.09 Å². The van der Waals surface area contributed by atoms with Crippen LogP contribution in [-0.2, 0) is 11.2 Å². The first-order valence-corrected chi connectivity index (χ1v) is 11.0. The lowest BCUT2D eigenvalue weighted by atomic mass is 9.97. The molecule has 0 unspecified atom stereocenters. The molecular formula is C25H25N5O3. The van der Waals surface area contributed by atoms with Gasteiger partial charge in [-0.15, -0.1) is 0 Å². The first-order valence-electron chi connectivity index (χ1n) is 11.0. The Hall–Kier alpha value is -4.07. The number of aromatic nitrogens is 4. The SMILES string of the molecule is CCc1cc(O)ccc1-c1ccc2c(-c3nc(C4=CCCN(C(=O)OC)C4)c[nH]3)n[nH]c2c1. The number of aryl methyl sites for hydroxylation is 1. The maximum Gasteiger partial charge on any atom is 0.409 e. The van der Waals surface area contributed by atoms with E-state index in [0.29, 0.717) is 18.9 Å². The quantitative estimate of drug-likeness (QED) is 0.422. The predicted molar refractivity (Wildman–Crippen MR) is 127 cm³/mol. The highest BCUT2D eigenvalue weighted by Gasteiger charge is 2.21. The fourth-order valence-corrected chi connectivity index (χ4v) is 4.34. The zero-order valence-electron chi connectivity index (χ0n) is 18.6. The lowest BCUT2D eigenvalue weighted by Gasteiger charge is -2.25. The van der Waals surface area contributed by atoms with Crippen molar-refractivity contribution in [3.05, 3.63) is 59.9 Å². The summed E-state index contributed by atoms with van der Waals surface area (Å²) in [6.07, 6.45) is 5.22. The minimum atomic E-state index is -0.328. The van der Waals surface area contributed by atoms with Crippen LogP contribution in [0.15, 0.2) is 48.7 Å². The number of aromatic amines is 2. The molecule has 3 heterocycles. The number of hydrogen-bond donors (Lipinski definition) is 3. The minimum Gasteiger partial charge on any atom is -0.508 e. The average molecular weight is 444 g/mol. The standard InChI is InChI=1S/C25H25N5O3/c1-3-15-11-18(31)7-9-19(15)16-6-8-20-21(12-16)28-29-23(20)24-26-13-22(27-24)17-5-4-10-30(14-17)25(32)33-2/h5-9,11-13,31H,3-4,10,14H2,1-2H3,(H,26,27)(H,28,29). The summed E-state index contributed by atoms with van der Waals surface area (Å²) in [6.45, 7) is 3.18. The molecule has 1 amide bonds. The smallest absolute Gasteiger partial charge is 0.409 e. The molecule has 8 heteroatoms. The van der Waals surface area contributed by atoms with E-state index >= 15 is 0 Å². The number of benzene rings is 2. The maximum atomic E-state index is 11.9. The summed E-state index contributed by atoms with van der Waals surface area (Å²) in [6, 6.07) is 11.6. The molecule has 0 saturated carbocycles. The monoisotopic (exact) mass is 443 g/mol. The van der Waals surface area contributed by atoms with E-state index < -0.39 is 0 Å². The third-order valence-electron chi connectivity index (χ3n) is 6.06. The van der Waals surface area contributed by atoms with Gasteiger partial charge in [-0.2, -0.15) is 5.10 Å². The highest BCUT2D eigenvalue weighted by molar-refractivity contribution is 5.94. The van der Waals surface area contributed by atoms with Crippen LogP contribution in [0.5, 0.6) is 5.75 Å². The number of H-pyrrole nitrogens is 2. The topological polar surface area (TPSA) is 107 Å². The van der Waals surface area contributed by atoms with Crippen molar-refractivity contribution in [3.8, 4) is 28.4 Å². The number of hydrogen-bond acceptors (Lipinski definition) is 5. The van der Waals surface area contributed by atoms with Gasteiger partial charge in [0.15, 0.2) is 5.82 Å². The Morgan fingerprint density at radius 3 is 2.94 bits per heavy atom. The maximum absolute atomic E-state index is 11.9. The van der Waals surface area contributed by atoms with Gasteiger partial charge in [0.1, 0.15) is 11.4 Å². The molecule has 168 valence electrons.